The molecule has 0 bridgehead atoms. The van der Waals surface area contributed by atoms with E-state index in [2.05, 4.69) is 49.6 Å². The van der Waals surface area contributed by atoms with Gasteiger partial charge in [0.05, 0.1) is 39.0 Å². The number of aromatic nitrogens is 2. The van der Waals surface area contributed by atoms with Crippen molar-refractivity contribution < 1.29 is 10.2 Å². The third kappa shape index (κ3) is 14.5. The number of hydrogen-bond acceptors (Lipinski definition) is 6. The first-order valence-electron chi connectivity index (χ1n) is 23.0. The van der Waals surface area contributed by atoms with Gasteiger partial charge in [-0.05, 0) is 154 Å². The van der Waals surface area contributed by atoms with Crippen molar-refractivity contribution >= 4 is 79.8 Å². The fourth-order valence-electron chi connectivity index (χ4n) is 7.95. The normalized spacial score (nSPS) is 12.6. The lowest BCUT2D eigenvalue weighted by Gasteiger charge is -2.26. The number of nitrogens with zero attached hydrogens (tertiary/aromatic N) is 4. The van der Waals surface area contributed by atoms with Gasteiger partial charge in [0.25, 0.3) is 0 Å². The van der Waals surface area contributed by atoms with Crippen LogP contribution in [0.5, 0.6) is 0 Å². The summed E-state index contributed by atoms with van der Waals surface area (Å²) in [7, 11) is 0. The van der Waals surface area contributed by atoms with Crippen LogP contribution < -0.4 is 0 Å². The van der Waals surface area contributed by atoms with Crippen LogP contribution in [0.25, 0.3) is 33.1 Å². The van der Waals surface area contributed by atoms with Gasteiger partial charge in [0, 0.05) is 56.6 Å². The molecule has 0 spiro atoms. The first kappa shape index (κ1) is 52.0. The Balaban J connectivity index is 0.000000241. The van der Waals surface area contributed by atoms with Crippen molar-refractivity contribution in [3.8, 4) is 11.3 Å². The Morgan fingerprint density at radius 2 is 0.969 bits per heavy atom. The maximum absolute atomic E-state index is 11.4. The van der Waals surface area contributed by atoms with E-state index in [1.807, 2.05) is 68.4 Å². The quantitative estimate of drug-likeness (QED) is 0.0749. The minimum atomic E-state index is -0.671. The molecule has 2 heterocycles. The Morgan fingerprint density at radius 3 is 1.42 bits per heavy atom. The summed E-state index contributed by atoms with van der Waals surface area (Å²) in [5.41, 5.74) is 8.59. The van der Waals surface area contributed by atoms with Gasteiger partial charge in [-0.3, -0.25) is 4.98 Å². The SMILES string of the molecule is CCCCN(CCCC)CC(O)c1cc(-c2c(Cl)cccc2Cl)nc2cc(Cl)c(C)cc12.CCCCN(CCCC)CC(O)c1cc(Cc2ccc(Cl)cc2)nc2cc(Cl)c(C)cc12. The molecule has 0 saturated carbocycles. The van der Waals surface area contributed by atoms with Crippen molar-refractivity contribution in [1.29, 1.82) is 0 Å². The van der Waals surface area contributed by atoms with Gasteiger partial charge in [0.1, 0.15) is 0 Å². The number of hydrogen-bond donors (Lipinski definition) is 2. The van der Waals surface area contributed by atoms with E-state index in [-0.39, 0.29) is 0 Å². The lowest BCUT2D eigenvalue weighted by molar-refractivity contribution is 0.112. The van der Waals surface area contributed by atoms with Gasteiger partial charge in [-0.1, -0.05) is 130 Å². The van der Waals surface area contributed by atoms with Crippen molar-refractivity contribution in [2.24, 2.45) is 0 Å². The zero-order valence-corrected chi connectivity index (χ0v) is 42.1. The van der Waals surface area contributed by atoms with Crippen LogP contribution in [0.15, 0.2) is 78.9 Å². The van der Waals surface area contributed by atoms with Gasteiger partial charge < -0.3 is 20.0 Å². The van der Waals surface area contributed by atoms with Crippen molar-refractivity contribution in [2.75, 3.05) is 39.3 Å². The summed E-state index contributed by atoms with van der Waals surface area (Å²) in [5, 5.41) is 27.7. The number of aliphatic hydroxyl groups is 2. The first-order chi connectivity index (χ1) is 30.8. The highest BCUT2D eigenvalue weighted by molar-refractivity contribution is 6.39. The van der Waals surface area contributed by atoms with E-state index in [0.29, 0.717) is 50.9 Å². The molecule has 2 atom stereocenters. The highest BCUT2D eigenvalue weighted by Gasteiger charge is 2.22. The monoisotopic (exact) mass is 964 g/mol. The first-order valence-corrected chi connectivity index (χ1v) is 24.9. The van der Waals surface area contributed by atoms with E-state index >= 15 is 0 Å². The molecule has 2 unspecified atom stereocenters. The van der Waals surface area contributed by atoms with Gasteiger partial charge in [-0.2, -0.15) is 0 Å². The van der Waals surface area contributed by atoms with Crippen LogP contribution in [-0.4, -0.2) is 69.2 Å². The van der Waals surface area contributed by atoms with Crippen LogP contribution in [0.1, 0.15) is 125 Å². The summed E-state index contributed by atoms with van der Waals surface area (Å²) in [6.45, 7) is 17.9. The zero-order chi connectivity index (χ0) is 46.3. The number of aryl methyl sites for hydroxylation is 2. The van der Waals surface area contributed by atoms with Crippen molar-refractivity contribution in [3.63, 3.8) is 0 Å². The fraction of sp³-hybridized carbons (Fsp3) is 0.434. The van der Waals surface area contributed by atoms with Crippen LogP contribution in [-0.2, 0) is 6.42 Å². The molecule has 0 saturated heterocycles. The summed E-state index contributed by atoms with van der Waals surface area (Å²) in [6, 6.07) is 25.0. The summed E-state index contributed by atoms with van der Waals surface area (Å²) in [4.78, 5) is 14.4. The average molecular weight is 967 g/mol. The van der Waals surface area contributed by atoms with Crippen molar-refractivity contribution in [2.45, 2.75) is 112 Å². The second-order valence-electron chi connectivity index (χ2n) is 17.0. The van der Waals surface area contributed by atoms with Crippen LogP contribution >= 0.6 is 58.0 Å². The third-order valence-corrected chi connectivity index (χ3v) is 13.4. The van der Waals surface area contributed by atoms with Gasteiger partial charge >= 0.3 is 0 Å². The zero-order valence-electron chi connectivity index (χ0n) is 38.3. The second kappa shape index (κ2) is 25.8. The van der Waals surface area contributed by atoms with Crippen LogP contribution in [0.3, 0.4) is 0 Å². The predicted octanol–water partition coefficient (Wildman–Crippen LogP) is 15.5. The van der Waals surface area contributed by atoms with Gasteiger partial charge in [0.2, 0.25) is 0 Å². The number of fused-ring (bicyclic) bond motifs is 2. The van der Waals surface area contributed by atoms with Gasteiger partial charge in [-0.15, -0.1) is 0 Å². The maximum Gasteiger partial charge on any atom is 0.0924 e. The molecule has 6 rings (SSSR count). The third-order valence-electron chi connectivity index (χ3n) is 11.7. The molecular weight excluding hydrogens is 902 g/mol. The molecular formula is C53H65Cl5N4O2. The van der Waals surface area contributed by atoms with E-state index in [4.69, 9.17) is 68.0 Å². The second-order valence-corrected chi connectivity index (χ2v) is 19.0. The van der Waals surface area contributed by atoms with Crippen LogP contribution in [0, 0.1) is 13.8 Å². The fourth-order valence-corrected chi connectivity index (χ4v) is 8.98. The van der Waals surface area contributed by atoms with Gasteiger partial charge in [0.15, 0.2) is 0 Å². The summed E-state index contributed by atoms with van der Waals surface area (Å²) in [6.07, 6.45) is 8.49. The number of aliphatic hydroxyl groups excluding tert-OH is 2. The standard InChI is InChI=1S/C27H34Cl2N2O.C26H31Cl3N2O/c1-4-6-12-31(13-7-5-2)18-27(32)24-16-22(15-20-8-10-21(28)11-9-20)30-26-17-25(29)19(3)14-23(24)26;1-4-6-11-31(12-7-5-2)16-25(32)19-14-24(26-20(27)9-8-10-21(26)28)30-23-15-22(29)17(3)13-18(19)23/h8-11,14,16-17,27,32H,4-7,12-13,15,18H2,1-3H3;8-10,13-15,25,32H,4-7,11-12,16H2,1-3H3. The van der Waals surface area contributed by atoms with E-state index in [9.17, 15) is 10.2 Å². The summed E-state index contributed by atoms with van der Waals surface area (Å²) >= 11 is 31.8. The molecule has 64 heavy (non-hydrogen) atoms. The molecule has 2 N–H and O–H groups in total. The molecule has 0 fully saturated rings. The number of rotatable bonds is 21. The van der Waals surface area contributed by atoms with E-state index < -0.39 is 12.2 Å². The van der Waals surface area contributed by atoms with E-state index in [1.54, 1.807) is 12.1 Å². The molecule has 0 aliphatic heterocycles. The Hall–Kier alpha value is -3.01. The molecule has 0 aliphatic carbocycles. The van der Waals surface area contributed by atoms with Gasteiger partial charge in [-0.25, -0.2) is 4.98 Å². The average Bonchev–Trinajstić information content (AvgIpc) is 3.27. The number of unbranched alkanes of at least 4 members (excludes halogenated alkanes) is 4. The summed E-state index contributed by atoms with van der Waals surface area (Å²) < 4.78 is 0. The molecule has 11 heteroatoms. The molecule has 4 aromatic carbocycles. The molecule has 6 aromatic rings. The summed E-state index contributed by atoms with van der Waals surface area (Å²) in [5.74, 6) is 0. The predicted molar refractivity (Wildman–Crippen MR) is 275 cm³/mol. The van der Waals surface area contributed by atoms with Crippen LogP contribution in [0.2, 0.25) is 25.1 Å². The lowest BCUT2D eigenvalue weighted by atomic mass is 9.98. The lowest BCUT2D eigenvalue weighted by Crippen LogP contribution is -2.31. The Labute approximate surface area is 406 Å². The molecule has 0 aliphatic rings. The number of halogens is 5. The number of benzene rings is 4. The topological polar surface area (TPSA) is 72.7 Å². The molecule has 6 nitrogen and oxygen atoms in total. The van der Waals surface area contributed by atoms with Crippen molar-refractivity contribution in [1.82, 2.24) is 19.8 Å². The van der Waals surface area contributed by atoms with Crippen molar-refractivity contribution in [3.05, 3.63) is 137 Å². The minimum absolute atomic E-state index is 0.524. The number of pyridine rings is 2. The highest BCUT2D eigenvalue weighted by Crippen LogP contribution is 2.38. The smallest absolute Gasteiger partial charge is 0.0924 e. The molecule has 344 valence electrons. The van der Waals surface area contributed by atoms with Crippen LogP contribution in [0.4, 0.5) is 0 Å². The molecule has 0 radical (unpaired) electrons. The maximum atomic E-state index is 11.4. The molecule has 0 amide bonds. The Bertz CT molecular complexity index is 2390. The van der Waals surface area contributed by atoms with E-state index in [1.165, 1.54) is 0 Å². The minimum Gasteiger partial charge on any atom is -0.387 e. The Morgan fingerprint density at radius 1 is 0.531 bits per heavy atom. The van der Waals surface area contributed by atoms with E-state index in [0.717, 1.165) is 138 Å². The largest absolute Gasteiger partial charge is 0.387 e. The molecule has 2 aromatic heterocycles. The Kier molecular flexibility index (Phi) is 20.9. The highest BCUT2D eigenvalue weighted by atomic mass is 35.5.